The van der Waals surface area contributed by atoms with Crippen molar-refractivity contribution in [1.82, 2.24) is 15.2 Å². The van der Waals surface area contributed by atoms with Crippen LogP contribution in [0.1, 0.15) is 6.92 Å². The monoisotopic (exact) mass is 431 g/mol. The van der Waals surface area contributed by atoms with E-state index in [0.29, 0.717) is 24.6 Å². The van der Waals surface area contributed by atoms with Crippen LogP contribution in [0.2, 0.25) is 10.0 Å². The fourth-order valence-corrected chi connectivity index (χ4v) is 4.60. The molecule has 0 saturated carbocycles. The Kier molecular flexibility index (Phi) is 5.80. The van der Waals surface area contributed by atoms with E-state index in [1.54, 1.807) is 19.1 Å². The summed E-state index contributed by atoms with van der Waals surface area (Å²) in [6.07, 6.45) is 0. The summed E-state index contributed by atoms with van der Waals surface area (Å²) in [5.41, 5.74) is 7.09. The highest BCUT2D eigenvalue weighted by Crippen LogP contribution is 2.31. The van der Waals surface area contributed by atoms with Crippen LogP contribution in [0.25, 0.3) is 11.3 Å². The molecule has 0 fully saturated rings. The van der Waals surface area contributed by atoms with Crippen LogP contribution in [0.3, 0.4) is 0 Å². The zero-order valence-electron chi connectivity index (χ0n) is 12.7. The molecule has 0 aliphatic rings. The number of nitrogens with one attached hydrogen (secondary N) is 1. The van der Waals surface area contributed by atoms with Crippen molar-refractivity contribution in [3.63, 3.8) is 0 Å². The molecule has 0 aliphatic carbocycles. The van der Waals surface area contributed by atoms with Gasteiger partial charge in [-0.3, -0.25) is 4.79 Å². The average molecular weight is 432 g/mol. The highest BCUT2D eigenvalue weighted by atomic mass is 35.5. The van der Waals surface area contributed by atoms with Gasteiger partial charge in [-0.15, -0.1) is 21.5 Å². The number of hydrogen-bond donors (Lipinski definition) is 2. The highest BCUT2D eigenvalue weighted by molar-refractivity contribution is 8.02. The number of aromatic nitrogens is 3. The molecular formula is C14H11Cl2N5OS3. The molecule has 25 heavy (non-hydrogen) atoms. The Morgan fingerprint density at radius 1 is 1.32 bits per heavy atom. The van der Waals surface area contributed by atoms with Crippen molar-refractivity contribution >= 4 is 73.8 Å². The van der Waals surface area contributed by atoms with Gasteiger partial charge in [0.15, 0.2) is 9.47 Å². The molecule has 3 N–H and O–H groups in total. The predicted octanol–water partition coefficient (Wildman–Crippen LogP) is 4.67. The zero-order chi connectivity index (χ0) is 18.0. The number of rotatable bonds is 5. The van der Waals surface area contributed by atoms with Crippen LogP contribution >= 0.6 is 57.6 Å². The molecule has 3 rings (SSSR count). The Morgan fingerprint density at radius 3 is 2.80 bits per heavy atom. The van der Waals surface area contributed by atoms with E-state index in [1.165, 1.54) is 34.4 Å². The van der Waals surface area contributed by atoms with Crippen LogP contribution < -0.4 is 11.1 Å². The fourth-order valence-electron chi connectivity index (χ4n) is 1.80. The van der Waals surface area contributed by atoms with Crippen molar-refractivity contribution < 1.29 is 4.79 Å². The lowest BCUT2D eigenvalue weighted by molar-refractivity contribution is -0.115. The number of halogens is 2. The van der Waals surface area contributed by atoms with Crippen molar-refractivity contribution in [2.75, 3.05) is 11.1 Å². The first-order valence-electron chi connectivity index (χ1n) is 6.90. The Hall–Kier alpha value is -1.39. The molecule has 2 heterocycles. The SMILES string of the molecule is CC(Sc1nnc(N)s1)C(=O)Nc1nc(-c2ccc(Cl)c(Cl)c2)cs1. The molecule has 1 amide bonds. The summed E-state index contributed by atoms with van der Waals surface area (Å²) < 4.78 is 0.649. The molecule has 2 aromatic heterocycles. The molecule has 6 nitrogen and oxygen atoms in total. The minimum Gasteiger partial charge on any atom is -0.374 e. The summed E-state index contributed by atoms with van der Waals surface area (Å²) >= 11 is 15.8. The minimum absolute atomic E-state index is 0.172. The number of thioether (sulfide) groups is 1. The molecule has 0 bridgehead atoms. The zero-order valence-corrected chi connectivity index (χ0v) is 16.7. The summed E-state index contributed by atoms with van der Waals surface area (Å²) in [5, 5.41) is 13.7. The predicted molar refractivity (Wildman–Crippen MR) is 106 cm³/mol. The quantitative estimate of drug-likeness (QED) is 0.569. The van der Waals surface area contributed by atoms with Gasteiger partial charge >= 0.3 is 0 Å². The van der Waals surface area contributed by atoms with Crippen LogP contribution in [0.15, 0.2) is 27.9 Å². The van der Waals surface area contributed by atoms with Gasteiger partial charge in [-0.25, -0.2) is 4.98 Å². The molecule has 0 saturated heterocycles. The third-order valence-electron chi connectivity index (χ3n) is 3.02. The maximum Gasteiger partial charge on any atom is 0.239 e. The first kappa shape index (κ1) is 18.4. The smallest absolute Gasteiger partial charge is 0.239 e. The number of anilines is 2. The number of thiazole rings is 1. The van der Waals surface area contributed by atoms with Crippen LogP contribution in [0.4, 0.5) is 10.3 Å². The summed E-state index contributed by atoms with van der Waals surface area (Å²) in [5.74, 6) is -0.172. The molecule has 1 aromatic carbocycles. The Balaban J connectivity index is 1.66. The number of carbonyl (C=O) groups excluding carboxylic acids is 1. The van der Waals surface area contributed by atoms with Gasteiger partial charge in [0.05, 0.1) is 21.0 Å². The number of benzene rings is 1. The van der Waals surface area contributed by atoms with E-state index < -0.39 is 0 Å². The number of nitrogens with two attached hydrogens (primary N) is 1. The summed E-state index contributed by atoms with van der Waals surface area (Å²) in [6.45, 7) is 1.78. The number of nitrogen functional groups attached to an aromatic ring is 1. The van der Waals surface area contributed by atoms with Gasteiger partial charge in [-0.1, -0.05) is 52.4 Å². The van der Waals surface area contributed by atoms with Crippen LogP contribution in [0, 0.1) is 0 Å². The normalized spacial score (nSPS) is 12.1. The highest BCUT2D eigenvalue weighted by Gasteiger charge is 2.18. The maximum atomic E-state index is 12.3. The number of amides is 1. The molecule has 0 spiro atoms. The van der Waals surface area contributed by atoms with E-state index in [1.807, 2.05) is 11.4 Å². The fraction of sp³-hybridized carbons (Fsp3) is 0.143. The van der Waals surface area contributed by atoms with Gasteiger partial charge in [-0.05, 0) is 19.1 Å². The average Bonchev–Trinajstić information content (AvgIpc) is 3.19. The van der Waals surface area contributed by atoms with E-state index in [4.69, 9.17) is 28.9 Å². The standard InChI is InChI=1S/C14H11Cl2N5OS3/c1-6(24-14-21-20-12(17)25-14)11(22)19-13-18-10(5-23-13)7-2-3-8(15)9(16)4-7/h2-6H,1H3,(H2,17,20)(H,18,19,22). The van der Waals surface area contributed by atoms with Gasteiger partial charge in [0.1, 0.15) is 0 Å². The molecular weight excluding hydrogens is 421 g/mol. The van der Waals surface area contributed by atoms with E-state index in [-0.39, 0.29) is 11.2 Å². The minimum atomic E-state index is -0.357. The molecule has 1 unspecified atom stereocenters. The van der Waals surface area contributed by atoms with Crippen molar-refractivity contribution in [2.45, 2.75) is 16.5 Å². The first-order chi connectivity index (χ1) is 11.9. The largest absolute Gasteiger partial charge is 0.374 e. The second-order valence-corrected chi connectivity index (χ2v) is 9.09. The van der Waals surface area contributed by atoms with E-state index in [0.717, 1.165) is 11.3 Å². The van der Waals surface area contributed by atoms with E-state index in [2.05, 4.69) is 20.5 Å². The lowest BCUT2D eigenvalue weighted by atomic mass is 10.2. The number of carbonyl (C=O) groups is 1. The molecule has 130 valence electrons. The van der Waals surface area contributed by atoms with Gasteiger partial charge in [0.25, 0.3) is 0 Å². The molecule has 1 atom stereocenters. The van der Waals surface area contributed by atoms with Crippen molar-refractivity contribution in [2.24, 2.45) is 0 Å². The van der Waals surface area contributed by atoms with E-state index in [9.17, 15) is 4.79 Å². The topological polar surface area (TPSA) is 93.8 Å². The maximum absolute atomic E-state index is 12.3. The number of nitrogens with zero attached hydrogens (tertiary/aromatic N) is 3. The summed E-state index contributed by atoms with van der Waals surface area (Å²) in [4.78, 5) is 16.7. The number of hydrogen-bond acceptors (Lipinski definition) is 8. The first-order valence-corrected chi connectivity index (χ1v) is 10.2. The summed E-state index contributed by atoms with van der Waals surface area (Å²) in [7, 11) is 0. The second kappa shape index (κ2) is 7.88. The van der Waals surface area contributed by atoms with Gasteiger partial charge in [-0.2, -0.15) is 0 Å². The van der Waals surface area contributed by atoms with Crippen molar-refractivity contribution in [1.29, 1.82) is 0 Å². The Labute approximate surface area is 165 Å². The van der Waals surface area contributed by atoms with Gasteiger partial charge < -0.3 is 11.1 Å². The van der Waals surface area contributed by atoms with Crippen LogP contribution in [-0.2, 0) is 4.79 Å². The summed E-state index contributed by atoms with van der Waals surface area (Å²) in [6, 6.07) is 5.28. The van der Waals surface area contributed by atoms with Gasteiger partial charge in [0, 0.05) is 10.9 Å². The van der Waals surface area contributed by atoms with Crippen molar-refractivity contribution in [3.05, 3.63) is 33.6 Å². The molecule has 0 radical (unpaired) electrons. The molecule has 3 aromatic rings. The molecule has 11 heteroatoms. The lowest BCUT2D eigenvalue weighted by Crippen LogP contribution is -2.22. The molecule has 0 aliphatic heterocycles. The lowest BCUT2D eigenvalue weighted by Gasteiger charge is -2.07. The third kappa shape index (κ3) is 4.62. The van der Waals surface area contributed by atoms with Crippen LogP contribution in [0.5, 0.6) is 0 Å². The Morgan fingerprint density at radius 2 is 2.12 bits per heavy atom. The Bertz CT molecular complexity index is 914. The van der Waals surface area contributed by atoms with Crippen LogP contribution in [-0.4, -0.2) is 26.3 Å². The van der Waals surface area contributed by atoms with E-state index >= 15 is 0 Å². The van der Waals surface area contributed by atoms with Gasteiger partial charge in [0.2, 0.25) is 11.0 Å². The third-order valence-corrected chi connectivity index (χ3v) is 6.45. The van der Waals surface area contributed by atoms with Crippen molar-refractivity contribution in [3.8, 4) is 11.3 Å². The second-order valence-electron chi connectivity index (χ2n) is 4.82.